The summed E-state index contributed by atoms with van der Waals surface area (Å²) in [7, 11) is 0. The van der Waals surface area contributed by atoms with E-state index < -0.39 is 222 Å². The van der Waals surface area contributed by atoms with Crippen LogP contribution in [-0.2, 0) is 109 Å². The van der Waals surface area contributed by atoms with Crippen LogP contribution < -0.4 is 97.0 Å². The fourth-order valence-corrected chi connectivity index (χ4v) is 16.0. The summed E-state index contributed by atoms with van der Waals surface area (Å²) in [5.41, 5.74) is 21.6. The molecule has 1 aliphatic heterocycles. The lowest BCUT2D eigenvalue weighted by Crippen LogP contribution is -2.61. The van der Waals surface area contributed by atoms with Crippen LogP contribution in [0.4, 0.5) is 13.2 Å². The predicted octanol–water partition coefficient (Wildman–Crippen LogP) is -1.29. The Labute approximate surface area is 836 Å². The normalized spacial score (nSPS) is 15.7. The Morgan fingerprint density at radius 3 is 1.25 bits per heavy atom. The molecule has 17 unspecified atom stereocenters. The minimum atomic E-state index is -5.08. The Morgan fingerprint density at radius 2 is 0.836 bits per heavy atom. The minimum Gasteiger partial charge on any atom is -0.508 e. The fraction of sp³-hybridized carbons (Fsp3) is 0.469. The third-order valence-electron chi connectivity index (χ3n) is 24.8. The van der Waals surface area contributed by atoms with Gasteiger partial charge in [-0.25, -0.2) is 14.6 Å². The second-order valence-corrected chi connectivity index (χ2v) is 36.0. The Balaban J connectivity index is 0.00000358. The first-order valence-electron chi connectivity index (χ1n) is 47.6. The predicted molar refractivity (Wildman–Crippen MR) is 527 cm³/mol. The highest BCUT2D eigenvalue weighted by Crippen LogP contribution is 2.26. The number of carboxylic acid groups (broad SMARTS) is 2. The van der Waals surface area contributed by atoms with E-state index in [1.54, 1.807) is 108 Å². The van der Waals surface area contributed by atoms with Gasteiger partial charge in [-0.15, -0.1) is 0 Å². The van der Waals surface area contributed by atoms with E-state index in [0.717, 1.165) is 4.90 Å². The molecule has 17 atom stereocenters. The third-order valence-corrected chi connectivity index (χ3v) is 24.8. The number of nitrogens with one attached hydrogen (secondary N) is 21. The number of alkyl halides is 3. The van der Waals surface area contributed by atoms with Crippen molar-refractivity contribution in [3.63, 3.8) is 0 Å². The number of carbonyl (C=O) groups is 16. The quantitative estimate of drug-likeness (QED) is 0.0120. The number of aliphatic carboxylic acids is 2. The van der Waals surface area contributed by atoms with Gasteiger partial charge < -0.3 is 147 Å². The van der Waals surface area contributed by atoms with E-state index in [-0.39, 0.29) is 114 Å². The first-order chi connectivity index (χ1) is 69.2. The van der Waals surface area contributed by atoms with E-state index in [1.165, 1.54) is 50.6 Å². The maximum atomic E-state index is 15.6. The molecule has 47 nitrogen and oxygen atoms in total. The molecule has 1 aliphatic rings. The molecular formula is C96H131F3N26O21. The van der Waals surface area contributed by atoms with E-state index in [1.807, 2.05) is 25.1 Å². The van der Waals surface area contributed by atoms with Crippen molar-refractivity contribution in [3.05, 3.63) is 156 Å². The van der Waals surface area contributed by atoms with Gasteiger partial charge in [0.2, 0.25) is 82.7 Å². The van der Waals surface area contributed by atoms with Gasteiger partial charge in [-0.05, 0) is 123 Å². The summed E-state index contributed by atoms with van der Waals surface area (Å²) in [4.78, 5) is 243. The molecule has 0 aliphatic carbocycles. The Morgan fingerprint density at radius 1 is 0.459 bits per heavy atom. The van der Waals surface area contributed by atoms with Gasteiger partial charge in [0.05, 0.1) is 31.3 Å². The molecule has 4 aromatic heterocycles. The van der Waals surface area contributed by atoms with Crippen LogP contribution in [0.25, 0.3) is 32.7 Å². The number of H-pyrrole nitrogens is 4. The van der Waals surface area contributed by atoms with Crippen molar-refractivity contribution in [2.24, 2.45) is 35.0 Å². The van der Waals surface area contributed by atoms with Gasteiger partial charge in [-0.1, -0.05) is 121 Å². The molecule has 32 N–H and O–H groups in total. The van der Waals surface area contributed by atoms with Crippen molar-refractivity contribution in [1.29, 1.82) is 10.8 Å². The van der Waals surface area contributed by atoms with Gasteiger partial charge in [0, 0.05) is 109 Å². The van der Waals surface area contributed by atoms with E-state index in [2.05, 4.69) is 105 Å². The highest BCUT2D eigenvalue weighted by molar-refractivity contribution is 6.02. The maximum Gasteiger partial charge on any atom is 0.490 e. The number of phenols is 1. The number of aromatic amines is 4. The molecule has 8 aromatic rings. The Hall–Kier alpha value is -15.8. The number of carboxylic acids is 2. The molecule has 4 aromatic carbocycles. The number of aliphatic hydroxyl groups is 2. The molecule has 792 valence electrons. The molecular weight excluding hydrogens is 1910 g/mol. The van der Waals surface area contributed by atoms with E-state index >= 15 is 24.0 Å². The lowest BCUT2D eigenvalue weighted by atomic mass is 9.97. The second kappa shape index (κ2) is 55.2. The van der Waals surface area contributed by atoms with Crippen LogP contribution >= 0.6 is 0 Å². The van der Waals surface area contributed by atoms with Crippen molar-refractivity contribution in [2.45, 2.75) is 236 Å². The van der Waals surface area contributed by atoms with Gasteiger partial charge in [0.25, 0.3) is 0 Å². The monoisotopic (exact) mass is 2040 g/mol. The number of likely N-dealkylation sites (tertiary alicyclic amines) is 1. The summed E-state index contributed by atoms with van der Waals surface area (Å²) in [6, 6.07) is 4.59. The third kappa shape index (κ3) is 34.0. The van der Waals surface area contributed by atoms with Crippen molar-refractivity contribution in [2.75, 3.05) is 32.8 Å². The number of hydrogen-bond acceptors (Lipinski definition) is 23. The first-order valence-corrected chi connectivity index (χ1v) is 47.6. The number of aliphatic hydroxyl groups excluding tert-OH is 2. The number of hydrogen-bond donors (Lipinski definition) is 29. The van der Waals surface area contributed by atoms with Crippen LogP contribution in [0.1, 0.15) is 135 Å². The van der Waals surface area contributed by atoms with Crippen molar-refractivity contribution in [3.8, 4) is 5.75 Å². The number of aromatic nitrogens is 5. The number of nitrogens with zero attached hydrogens (tertiary/aromatic N) is 2. The van der Waals surface area contributed by atoms with Gasteiger partial charge in [0.15, 0.2) is 11.9 Å². The molecule has 0 spiro atoms. The second-order valence-electron chi connectivity index (χ2n) is 36.0. The van der Waals surface area contributed by atoms with E-state index in [0.29, 0.717) is 67.8 Å². The topological polar surface area (TPSA) is 760 Å². The van der Waals surface area contributed by atoms with Crippen molar-refractivity contribution >= 4 is 139 Å². The van der Waals surface area contributed by atoms with Crippen LogP contribution in [0.3, 0.4) is 0 Å². The molecule has 9 rings (SSSR count). The van der Waals surface area contributed by atoms with Crippen LogP contribution in [0, 0.1) is 28.6 Å². The number of phenolic OH excluding ortho intramolecular Hbond substituents is 1. The highest BCUT2D eigenvalue weighted by Gasteiger charge is 2.43. The van der Waals surface area contributed by atoms with Crippen LogP contribution in [0.15, 0.2) is 128 Å². The Kier molecular flexibility index (Phi) is 43.7. The highest BCUT2D eigenvalue weighted by atomic mass is 19.4. The number of imidazole rings is 1. The summed E-state index contributed by atoms with van der Waals surface area (Å²) in [5.74, 6) is -19.3. The smallest absolute Gasteiger partial charge is 0.490 e. The molecule has 14 amide bonds. The number of nitrogens with two attached hydrogens (primary N) is 3. The molecule has 50 heteroatoms. The summed E-state index contributed by atoms with van der Waals surface area (Å²) in [6.07, 6.45) is 2.26. The molecule has 0 saturated carbocycles. The average molecular weight is 2040 g/mol. The van der Waals surface area contributed by atoms with Gasteiger partial charge in [-0.2, -0.15) is 13.2 Å². The van der Waals surface area contributed by atoms with Gasteiger partial charge in [0.1, 0.15) is 90.3 Å². The average Bonchev–Trinajstić information content (AvgIpc) is 1.66. The number of amides is 14. The number of carbonyl (C=O) groups excluding carboxylic acids is 14. The number of aromatic hydroxyl groups is 1. The lowest BCUT2D eigenvalue weighted by Gasteiger charge is -2.30. The summed E-state index contributed by atoms with van der Waals surface area (Å²) in [5, 5.41) is 106. The Bertz CT molecular complexity index is 5880. The summed E-state index contributed by atoms with van der Waals surface area (Å²) < 4.78 is 31.7. The van der Waals surface area contributed by atoms with Gasteiger partial charge >= 0.3 is 18.1 Å². The van der Waals surface area contributed by atoms with Crippen LogP contribution in [0.2, 0.25) is 0 Å². The largest absolute Gasteiger partial charge is 0.508 e. The lowest BCUT2D eigenvalue weighted by molar-refractivity contribution is -0.192. The molecule has 1 fully saturated rings. The SMILES string of the molecule is CCC(C)C(N)C(=O)NC(C(=O)NC(Cc1c[nH]c2ccccc12)C(=O)NC(Cc1c[nH]cn1)C(=O)NC(CCCNC(=N)N)C(=O)NC(Cc1c[nH]c2ccccc12)C(=O)NC(Cc1ccc(O)cc1)C(=O)NC(C)C(=O)NC(Cc1c[nH]c2ccccc12)C(=O)NC(CO)C(=O)N1CCCC1C(=O)NC(C)C(=O)NC(CO)C(=O)NC(CCCNC(=N)N)C(=O)NC(C(=O)O)C(C)CC)C(C)C.O=C(O)C(F)(F)F. The number of fused-ring (bicyclic) bond motifs is 3. The standard InChI is InChI=1S/C94H130N26O19.C2HF3O2/c1-9-49(5)75(95)89(135)118-76(48(3)4)90(136)115-70(39-56-43-105-64-25-16-13-22-61(56)64)84(130)114-71(40-57-44-100-47-106-57)86(132)109-65(26-17-33-101-93(96)97)80(126)113-69(38-55-42-104-63-24-15-12-21-60(55)63)83(129)112-67(36-53-29-31-58(123)32-30-53)82(128)107-51(7)78(124)111-68(37-54-41-103-62-23-14-11-20-59(54)62)85(131)117-73(46-122)91(137)120-35-19-28-74(120)88(134)108-52(8)79(125)116-72(45-121)87(133)110-66(27-18-34-102-94(98)99)81(127)119-77(92(138)139)50(6)10-2;3-2(4,5)1(6)7/h11-16,20-25,29-32,41-44,47-52,65-77,103-105,121-123H,9-10,17-19,26-28,33-40,45-46,95H2,1-8H3,(H,100,106)(H,107,128)(H,108,134)(H,109,132)(H,110,133)(H,111,124)(H,112,129)(H,113,126)(H,114,130)(H,115,136)(H,116,125)(H,117,131)(H,118,135)(H,119,127)(H,138,139)(H4,96,97,101)(H4,98,99,102);(H,6,7). The van der Waals surface area contributed by atoms with Crippen molar-refractivity contribution in [1.82, 2.24) is 110 Å². The van der Waals surface area contributed by atoms with E-state index in [4.69, 9.17) is 37.9 Å². The fourth-order valence-electron chi connectivity index (χ4n) is 16.0. The summed E-state index contributed by atoms with van der Waals surface area (Å²) in [6.45, 7) is 10.8. The van der Waals surface area contributed by atoms with Crippen LogP contribution in [0.5, 0.6) is 5.75 Å². The first kappa shape index (κ1) is 115. The zero-order chi connectivity index (χ0) is 108. The number of para-hydroxylation sites is 3. The molecule has 146 heavy (non-hydrogen) atoms. The molecule has 0 bridgehead atoms. The van der Waals surface area contributed by atoms with Crippen molar-refractivity contribution < 1.29 is 115 Å². The number of rotatable bonds is 53. The zero-order valence-corrected chi connectivity index (χ0v) is 81.8. The number of halogens is 3. The maximum absolute atomic E-state index is 15.6. The number of benzene rings is 4. The molecule has 1 saturated heterocycles. The molecule has 5 heterocycles. The molecule has 0 radical (unpaired) electrons. The minimum absolute atomic E-state index is 0.00631. The number of guanidine groups is 2. The van der Waals surface area contributed by atoms with Gasteiger partial charge in [-0.3, -0.25) is 77.9 Å². The zero-order valence-electron chi connectivity index (χ0n) is 81.8. The summed E-state index contributed by atoms with van der Waals surface area (Å²) >= 11 is 0. The van der Waals surface area contributed by atoms with Crippen LogP contribution in [-0.4, -0.2) is 292 Å². The van der Waals surface area contributed by atoms with E-state index in [9.17, 15) is 81.5 Å².